The van der Waals surface area contributed by atoms with Gasteiger partial charge in [-0.1, -0.05) is 0 Å². The van der Waals surface area contributed by atoms with Gasteiger partial charge in [-0.3, -0.25) is 4.79 Å². The summed E-state index contributed by atoms with van der Waals surface area (Å²) in [5, 5.41) is 18.4. The maximum atomic E-state index is 12.2. The van der Waals surface area contributed by atoms with Gasteiger partial charge in [0.15, 0.2) is 16.6 Å². The van der Waals surface area contributed by atoms with E-state index in [-0.39, 0.29) is 5.91 Å². The van der Waals surface area contributed by atoms with Crippen LogP contribution in [0.1, 0.15) is 17.9 Å². The predicted octanol–water partition coefficient (Wildman–Crippen LogP) is 1.21. The van der Waals surface area contributed by atoms with Gasteiger partial charge in [-0.25, -0.2) is 4.98 Å². The molecule has 4 heterocycles. The number of thiazole rings is 1. The molecule has 0 aliphatic carbocycles. The number of piperazine rings is 1. The fourth-order valence-corrected chi connectivity index (χ4v) is 3.71. The summed E-state index contributed by atoms with van der Waals surface area (Å²) in [5.74, 6) is 1.52. The lowest BCUT2D eigenvalue weighted by atomic mass is 10.3. The smallest absolute Gasteiger partial charge is 0.226 e. The van der Waals surface area contributed by atoms with Gasteiger partial charge >= 0.3 is 0 Å². The maximum absolute atomic E-state index is 12.2. The van der Waals surface area contributed by atoms with Crippen LogP contribution in [0, 0.1) is 6.92 Å². The van der Waals surface area contributed by atoms with E-state index >= 15 is 0 Å². The Balaban J connectivity index is 1.44. The van der Waals surface area contributed by atoms with Gasteiger partial charge in [-0.15, -0.1) is 26.6 Å². The summed E-state index contributed by atoms with van der Waals surface area (Å²) in [6.45, 7) is 5.83. The molecule has 1 aliphatic rings. The summed E-state index contributed by atoms with van der Waals surface area (Å²) in [6.07, 6.45) is 0.774. The molecule has 0 unspecified atom stereocenters. The number of carbonyl (C=O) groups is 1. The van der Waals surface area contributed by atoms with E-state index in [1.54, 1.807) is 4.52 Å². The number of hydrogen-bond donors (Lipinski definition) is 1. The topological polar surface area (TPSA) is 91.5 Å². The van der Waals surface area contributed by atoms with E-state index in [0.29, 0.717) is 29.4 Å². The van der Waals surface area contributed by atoms with E-state index in [1.807, 2.05) is 24.4 Å². The van der Waals surface area contributed by atoms with Crippen molar-refractivity contribution < 1.29 is 4.79 Å². The van der Waals surface area contributed by atoms with Crippen LogP contribution in [-0.4, -0.2) is 68.8 Å². The van der Waals surface area contributed by atoms with Gasteiger partial charge in [0.1, 0.15) is 5.82 Å². The first-order valence-corrected chi connectivity index (χ1v) is 9.83. The van der Waals surface area contributed by atoms with Crippen molar-refractivity contribution >= 4 is 33.8 Å². The minimum atomic E-state index is -0.0867. The van der Waals surface area contributed by atoms with Gasteiger partial charge in [0.2, 0.25) is 5.91 Å². The van der Waals surface area contributed by atoms with Gasteiger partial charge in [-0.2, -0.15) is 4.52 Å². The molecule has 0 spiro atoms. The van der Waals surface area contributed by atoms with Crippen LogP contribution in [0.3, 0.4) is 0 Å². The lowest BCUT2D eigenvalue weighted by Gasteiger charge is -2.33. The van der Waals surface area contributed by atoms with Crippen molar-refractivity contribution in [1.29, 1.82) is 0 Å². The largest absolute Gasteiger partial charge is 0.353 e. The van der Waals surface area contributed by atoms with Crippen LogP contribution in [0.25, 0.3) is 5.65 Å². The number of carbonyl (C=O) groups excluding carboxylic acids is 1. The molecule has 9 nitrogen and oxygen atoms in total. The van der Waals surface area contributed by atoms with Crippen molar-refractivity contribution in [3.8, 4) is 0 Å². The van der Waals surface area contributed by atoms with Crippen molar-refractivity contribution in [2.45, 2.75) is 19.8 Å². The fourth-order valence-electron chi connectivity index (χ4n) is 3.00. The van der Waals surface area contributed by atoms with Gasteiger partial charge in [0.05, 0.1) is 5.69 Å². The van der Waals surface area contributed by atoms with Gasteiger partial charge in [-0.05, 0) is 26.1 Å². The molecule has 0 atom stereocenters. The molecule has 1 aliphatic heterocycles. The molecule has 0 aromatic carbocycles. The SMILES string of the molecule is Cc1csc(NC(=O)CCc2nnc3ccc(N4CCN(C)CC4)nn23)n1. The van der Waals surface area contributed by atoms with Crippen molar-refractivity contribution in [3.63, 3.8) is 0 Å². The average Bonchev–Trinajstić information content (AvgIpc) is 3.26. The minimum absolute atomic E-state index is 0.0867. The number of anilines is 2. The highest BCUT2D eigenvalue weighted by molar-refractivity contribution is 7.13. The molecule has 0 bridgehead atoms. The van der Waals surface area contributed by atoms with Gasteiger partial charge in [0, 0.05) is 44.4 Å². The number of fused-ring (bicyclic) bond motifs is 1. The second kappa shape index (κ2) is 7.57. The first-order valence-electron chi connectivity index (χ1n) is 8.95. The molecule has 27 heavy (non-hydrogen) atoms. The molecule has 4 rings (SSSR count). The van der Waals surface area contributed by atoms with E-state index < -0.39 is 0 Å². The fraction of sp³-hybridized carbons (Fsp3) is 0.471. The predicted molar refractivity (Wildman–Crippen MR) is 104 cm³/mol. The average molecular weight is 386 g/mol. The minimum Gasteiger partial charge on any atom is -0.353 e. The number of hydrogen-bond acceptors (Lipinski definition) is 8. The number of amides is 1. The molecular weight excluding hydrogens is 364 g/mol. The van der Waals surface area contributed by atoms with Gasteiger partial charge < -0.3 is 15.1 Å². The summed E-state index contributed by atoms with van der Waals surface area (Å²) in [4.78, 5) is 21.0. The third-order valence-corrected chi connectivity index (χ3v) is 5.46. The zero-order valence-corrected chi connectivity index (χ0v) is 16.2. The quantitative estimate of drug-likeness (QED) is 0.705. The monoisotopic (exact) mass is 386 g/mol. The third kappa shape index (κ3) is 4.06. The molecule has 0 saturated carbocycles. The van der Waals surface area contributed by atoms with Crippen molar-refractivity contribution in [2.75, 3.05) is 43.4 Å². The Labute approximate surface area is 161 Å². The Morgan fingerprint density at radius 3 is 2.78 bits per heavy atom. The zero-order valence-electron chi connectivity index (χ0n) is 15.4. The first kappa shape index (κ1) is 17.8. The van der Waals surface area contributed by atoms with E-state index in [2.05, 4.69) is 37.3 Å². The Morgan fingerprint density at radius 1 is 1.22 bits per heavy atom. The molecule has 1 N–H and O–H groups in total. The molecule has 3 aromatic heterocycles. The van der Waals surface area contributed by atoms with Crippen LogP contribution in [0.5, 0.6) is 0 Å². The van der Waals surface area contributed by atoms with Gasteiger partial charge in [0.25, 0.3) is 0 Å². The van der Waals surface area contributed by atoms with E-state index in [0.717, 1.165) is 37.7 Å². The second-order valence-electron chi connectivity index (χ2n) is 6.71. The van der Waals surface area contributed by atoms with Crippen LogP contribution >= 0.6 is 11.3 Å². The lowest BCUT2D eigenvalue weighted by Crippen LogP contribution is -2.45. The standard InChI is InChI=1S/C17H22N8OS/c1-12-11-27-17(18-12)19-16(26)6-5-14-21-20-13-3-4-15(22-25(13)14)24-9-7-23(2)8-10-24/h3-4,11H,5-10H2,1-2H3,(H,18,19,26). The van der Waals surface area contributed by atoms with Crippen LogP contribution in [0.4, 0.5) is 10.9 Å². The summed E-state index contributed by atoms with van der Waals surface area (Å²) < 4.78 is 1.74. The third-order valence-electron chi connectivity index (χ3n) is 4.58. The zero-order chi connectivity index (χ0) is 18.8. The first-order chi connectivity index (χ1) is 13.1. The number of rotatable bonds is 5. The normalized spacial score (nSPS) is 15.4. The molecule has 3 aromatic rings. The molecule has 142 valence electrons. The number of nitrogens with zero attached hydrogens (tertiary/aromatic N) is 7. The number of likely N-dealkylation sites (N-methyl/N-ethyl adjacent to an activating group) is 1. The van der Waals surface area contributed by atoms with E-state index in [9.17, 15) is 4.79 Å². The van der Waals surface area contributed by atoms with Crippen LogP contribution < -0.4 is 10.2 Å². The summed E-state index contributed by atoms with van der Waals surface area (Å²) in [6, 6.07) is 3.91. The van der Waals surface area contributed by atoms with E-state index in [1.165, 1.54) is 11.3 Å². The molecular formula is C17H22N8OS. The summed E-state index contributed by atoms with van der Waals surface area (Å²) >= 11 is 1.42. The Morgan fingerprint density at radius 2 is 2.04 bits per heavy atom. The van der Waals surface area contributed by atoms with Crippen molar-refractivity contribution in [3.05, 3.63) is 29.0 Å². The maximum Gasteiger partial charge on any atom is 0.226 e. The number of nitrogens with one attached hydrogen (secondary N) is 1. The molecule has 1 saturated heterocycles. The molecule has 1 amide bonds. The van der Waals surface area contributed by atoms with Crippen LogP contribution in [0.2, 0.25) is 0 Å². The van der Waals surface area contributed by atoms with Crippen LogP contribution in [-0.2, 0) is 11.2 Å². The summed E-state index contributed by atoms with van der Waals surface area (Å²) in [5.41, 5.74) is 1.60. The molecule has 1 fully saturated rings. The highest BCUT2D eigenvalue weighted by atomic mass is 32.1. The molecule has 0 radical (unpaired) electrons. The van der Waals surface area contributed by atoms with Crippen molar-refractivity contribution in [2.24, 2.45) is 0 Å². The highest BCUT2D eigenvalue weighted by Crippen LogP contribution is 2.16. The van der Waals surface area contributed by atoms with Crippen LogP contribution in [0.15, 0.2) is 17.5 Å². The van der Waals surface area contributed by atoms with Crippen molar-refractivity contribution in [1.82, 2.24) is 29.7 Å². The highest BCUT2D eigenvalue weighted by Gasteiger charge is 2.17. The number of aryl methyl sites for hydroxylation is 2. The second-order valence-corrected chi connectivity index (χ2v) is 7.57. The Hall–Kier alpha value is -2.59. The lowest BCUT2D eigenvalue weighted by molar-refractivity contribution is -0.116. The molecule has 10 heteroatoms. The van der Waals surface area contributed by atoms with E-state index in [4.69, 9.17) is 5.10 Å². The Kier molecular flexibility index (Phi) is 4.99. The Bertz CT molecular complexity index is 943. The number of aromatic nitrogens is 5. The summed E-state index contributed by atoms with van der Waals surface area (Å²) in [7, 11) is 2.13.